The average molecular weight is 297 g/mol. The standard InChI is InChI=1S/C14H19NO4S/c1-13-6-8-14(9-7-13)20(16,17)15-10-4-3-5-11-19-12-18-2/h6-9,15H,4,10-12H2,1-2H3. The van der Waals surface area contributed by atoms with Gasteiger partial charge in [0.05, 0.1) is 4.90 Å². The van der Waals surface area contributed by atoms with E-state index in [1.54, 1.807) is 24.3 Å². The maximum Gasteiger partial charge on any atom is 0.240 e. The number of hydrogen-bond acceptors (Lipinski definition) is 4. The van der Waals surface area contributed by atoms with Crippen molar-refractivity contribution >= 4 is 10.0 Å². The molecule has 0 amide bonds. The van der Waals surface area contributed by atoms with Crippen molar-refractivity contribution in [1.82, 2.24) is 4.72 Å². The number of rotatable bonds is 7. The van der Waals surface area contributed by atoms with Gasteiger partial charge in [0.25, 0.3) is 0 Å². The van der Waals surface area contributed by atoms with E-state index >= 15 is 0 Å². The highest BCUT2D eigenvalue weighted by Crippen LogP contribution is 2.09. The molecule has 0 radical (unpaired) electrons. The Morgan fingerprint density at radius 2 is 1.90 bits per heavy atom. The van der Waals surface area contributed by atoms with Crippen LogP contribution in [0.25, 0.3) is 0 Å². The molecule has 1 aromatic rings. The Labute approximate surface area is 120 Å². The largest absolute Gasteiger partial charge is 0.359 e. The highest BCUT2D eigenvalue weighted by Gasteiger charge is 2.11. The summed E-state index contributed by atoms with van der Waals surface area (Å²) in [6.45, 7) is 2.66. The Kier molecular flexibility index (Phi) is 7.26. The first-order valence-corrected chi connectivity index (χ1v) is 7.63. The minimum Gasteiger partial charge on any atom is -0.359 e. The minimum absolute atomic E-state index is 0.203. The van der Waals surface area contributed by atoms with Crippen LogP contribution in [0.15, 0.2) is 29.2 Å². The third-order valence-corrected chi connectivity index (χ3v) is 3.85. The molecule has 0 aliphatic rings. The zero-order valence-corrected chi connectivity index (χ0v) is 12.5. The number of hydrogen-bond donors (Lipinski definition) is 1. The second-order valence-electron chi connectivity index (χ2n) is 4.07. The summed E-state index contributed by atoms with van der Waals surface area (Å²) in [5, 5.41) is 0. The summed E-state index contributed by atoms with van der Waals surface area (Å²) < 4.78 is 36.0. The van der Waals surface area contributed by atoms with Crippen LogP contribution in [0.5, 0.6) is 0 Å². The van der Waals surface area contributed by atoms with Crippen molar-refractivity contribution in [3.8, 4) is 11.8 Å². The lowest BCUT2D eigenvalue weighted by molar-refractivity contribution is -0.0166. The van der Waals surface area contributed by atoms with E-state index in [0.29, 0.717) is 6.42 Å². The molecule has 20 heavy (non-hydrogen) atoms. The number of ether oxygens (including phenoxy) is 2. The van der Waals surface area contributed by atoms with E-state index in [9.17, 15) is 8.42 Å². The molecule has 5 nitrogen and oxygen atoms in total. The molecule has 1 rings (SSSR count). The van der Waals surface area contributed by atoms with Gasteiger partial charge in [0.2, 0.25) is 10.0 Å². The first-order valence-electron chi connectivity index (χ1n) is 6.15. The first kappa shape index (κ1) is 16.7. The smallest absolute Gasteiger partial charge is 0.240 e. The lowest BCUT2D eigenvalue weighted by Crippen LogP contribution is -2.24. The fourth-order valence-electron chi connectivity index (χ4n) is 1.36. The van der Waals surface area contributed by atoms with Crippen LogP contribution in [0.3, 0.4) is 0 Å². The molecule has 0 fully saturated rings. The molecule has 1 aromatic carbocycles. The predicted octanol–water partition coefficient (Wildman–Crippen LogP) is 1.29. The van der Waals surface area contributed by atoms with Gasteiger partial charge in [-0.2, -0.15) is 0 Å². The van der Waals surface area contributed by atoms with E-state index in [1.807, 2.05) is 6.92 Å². The Morgan fingerprint density at radius 1 is 1.20 bits per heavy atom. The molecule has 0 atom stereocenters. The van der Waals surface area contributed by atoms with E-state index < -0.39 is 10.0 Å². The molecule has 0 unspecified atom stereocenters. The van der Waals surface area contributed by atoms with Gasteiger partial charge in [-0.15, -0.1) is 0 Å². The fourth-order valence-corrected chi connectivity index (χ4v) is 2.40. The molecule has 0 aromatic heterocycles. The molecule has 6 heteroatoms. The summed E-state index contributed by atoms with van der Waals surface area (Å²) in [6.07, 6.45) is 0.432. The van der Waals surface area contributed by atoms with Crippen LogP contribution in [0.2, 0.25) is 0 Å². The SMILES string of the molecule is COCOCC#CCCNS(=O)(=O)c1ccc(C)cc1. The lowest BCUT2D eigenvalue weighted by atomic mass is 10.2. The van der Waals surface area contributed by atoms with Crippen molar-refractivity contribution in [2.45, 2.75) is 18.2 Å². The Morgan fingerprint density at radius 3 is 2.55 bits per heavy atom. The van der Waals surface area contributed by atoms with Gasteiger partial charge in [-0.3, -0.25) is 0 Å². The van der Waals surface area contributed by atoms with Crippen LogP contribution >= 0.6 is 0 Å². The van der Waals surface area contributed by atoms with Crippen molar-refractivity contribution in [3.05, 3.63) is 29.8 Å². The summed E-state index contributed by atoms with van der Waals surface area (Å²) in [6, 6.07) is 6.70. The van der Waals surface area contributed by atoms with Gasteiger partial charge < -0.3 is 9.47 Å². The predicted molar refractivity (Wildman–Crippen MR) is 76.6 cm³/mol. The number of sulfonamides is 1. The van der Waals surface area contributed by atoms with Crippen molar-refractivity contribution in [2.75, 3.05) is 27.1 Å². The Hall–Kier alpha value is -1.39. The molecular weight excluding hydrogens is 278 g/mol. The van der Waals surface area contributed by atoms with Gasteiger partial charge in [0, 0.05) is 20.1 Å². The summed E-state index contributed by atoms with van der Waals surface area (Å²) in [4.78, 5) is 0.263. The second-order valence-corrected chi connectivity index (χ2v) is 5.84. The summed E-state index contributed by atoms with van der Waals surface area (Å²) in [7, 11) is -1.91. The van der Waals surface area contributed by atoms with E-state index in [1.165, 1.54) is 7.11 Å². The molecule has 0 heterocycles. The van der Waals surface area contributed by atoms with Crippen molar-refractivity contribution in [3.63, 3.8) is 0 Å². The quantitative estimate of drug-likeness (QED) is 0.468. The molecule has 110 valence electrons. The minimum atomic E-state index is -3.45. The van der Waals surface area contributed by atoms with Gasteiger partial charge >= 0.3 is 0 Å². The Balaban J connectivity index is 2.35. The number of methoxy groups -OCH3 is 1. The van der Waals surface area contributed by atoms with Crippen molar-refractivity contribution in [2.24, 2.45) is 0 Å². The molecule has 0 aliphatic heterocycles. The topological polar surface area (TPSA) is 64.6 Å². The monoisotopic (exact) mass is 297 g/mol. The van der Waals surface area contributed by atoms with E-state index in [0.717, 1.165) is 5.56 Å². The Bertz CT molecular complexity index is 555. The van der Waals surface area contributed by atoms with Crippen LogP contribution < -0.4 is 4.72 Å². The average Bonchev–Trinajstić information content (AvgIpc) is 2.42. The number of aryl methyl sites for hydroxylation is 1. The third kappa shape index (κ3) is 6.17. The van der Waals surface area contributed by atoms with Gasteiger partial charge in [-0.1, -0.05) is 29.5 Å². The molecular formula is C14H19NO4S. The molecule has 0 saturated heterocycles. The van der Waals surface area contributed by atoms with Crippen LogP contribution in [-0.2, 0) is 19.5 Å². The summed E-state index contributed by atoms with van der Waals surface area (Å²) in [5.74, 6) is 5.59. The van der Waals surface area contributed by atoms with E-state index in [-0.39, 0.29) is 24.8 Å². The lowest BCUT2D eigenvalue weighted by Gasteiger charge is -2.05. The maximum absolute atomic E-state index is 11.9. The van der Waals surface area contributed by atoms with Crippen LogP contribution in [-0.4, -0.2) is 35.5 Å². The number of nitrogens with one attached hydrogen (secondary N) is 1. The van der Waals surface area contributed by atoms with Gasteiger partial charge in [-0.05, 0) is 19.1 Å². The highest BCUT2D eigenvalue weighted by atomic mass is 32.2. The number of benzene rings is 1. The van der Waals surface area contributed by atoms with Gasteiger partial charge in [-0.25, -0.2) is 13.1 Å². The van der Waals surface area contributed by atoms with Crippen molar-refractivity contribution < 1.29 is 17.9 Å². The zero-order valence-electron chi connectivity index (χ0n) is 11.7. The first-order chi connectivity index (χ1) is 9.56. The third-order valence-electron chi connectivity index (χ3n) is 2.37. The fraction of sp³-hybridized carbons (Fsp3) is 0.429. The van der Waals surface area contributed by atoms with Crippen LogP contribution in [0.4, 0.5) is 0 Å². The van der Waals surface area contributed by atoms with Crippen LogP contribution in [0, 0.1) is 18.8 Å². The zero-order chi connectivity index (χ0) is 14.8. The second kappa shape index (κ2) is 8.72. The van der Waals surface area contributed by atoms with Crippen molar-refractivity contribution in [1.29, 1.82) is 0 Å². The molecule has 0 bridgehead atoms. The summed E-state index contributed by atoms with van der Waals surface area (Å²) in [5.41, 5.74) is 1.02. The van der Waals surface area contributed by atoms with Gasteiger partial charge in [0.15, 0.2) is 0 Å². The molecule has 0 spiro atoms. The van der Waals surface area contributed by atoms with E-state index in [2.05, 4.69) is 21.3 Å². The summed E-state index contributed by atoms with van der Waals surface area (Å²) >= 11 is 0. The molecule has 0 aliphatic carbocycles. The van der Waals surface area contributed by atoms with Crippen LogP contribution in [0.1, 0.15) is 12.0 Å². The molecule has 0 saturated carbocycles. The maximum atomic E-state index is 11.9. The van der Waals surface area contributed by atoms with Gasteiger partial charge in [0.1, 0.15) is 13.4 Å². The molecule has 1 N–H and O–H groups in total. The van der Waals surface area contributed by atoms with E-state index in [4.69, 9.17) is 4.74 Å². The normalized spacial score (nSPS) is 10.9. The highest BCUT2D eigenvalue weighted by molar-refractivity contribution is 7.89.